The van der Waals surface area contributed by atoms with Crippen LogP contribution in [0.15, 0.2) is 39.6 Å². The number of hydrogen-bond donors (Lipinski definition) is 4. The van der Waals surface area contributed by atoms with E-state index in [0.29, 0.717) is 17.9 Å². The summed E-state index contributed by atoms with van der Waals surface area (Å²) in [6, 6.07) is 5.81. The first kappa shape index (κ1) is 21.6. The maximum absolute atomic E-state index is 12.4. The average molecular weight is 441 g/mol. The van der Waals surface area contributed by atoms with Gasteiger partial charge < -0.3 is 36.6 Å². The normalized spacial score (nSPS) is 22.5. The smallest absolute Gasteiger partial charge is 0.256 e. The molecule has 0 spiro atoms. The Bertz CT molecular complexity index is 1030. The second-order valence-corrected chi connectivity index (χ2v) is 7.89. The van der Waals surface area contributed by atoms with E-state index >= 15 is 0 Å². The van der Waals surface area contributed by atoms with Crippen LogP contribution in [0.3, 0.4) is 0 Å². The zero-order chi connectivity index (χ0) is 22.9. The number of fused-ring (bicyclic) bond motifs is 1. The van der Waals surface area contributed by atoms with Gasteiger partial charge in [0.25, 0.3) is 5.91 Å². The Morgan fingerprint density at radius 3 is 2.66 bits per heavy atom. The fourth-order valence-corrected chi connectivity index (χ4v) is 4.10. The van der Waals surface area contributed by atoms with Gasteiger partial charge in [0.15, 0.2) is 5.54 Å². The standard InChI is InChI=1S/C21H28N8O3/c1-3-21(20(23)31)11-29-12-25-18(16(17(22)30)19(29)27-21)26-14-5-4-13(10-15(14)32-2)28-8-6-24-7-9-28/h4-5,10,12,24,26H,3,6-9,11H2,1-2H3,(H2,22,30)(H2,23,31). The minimum absolute atomic E-state index is 0.0947. The molecule has 1 unspecified atom stereocenters. The van der Waals surface area contributed by atoms with Gasteiger partial charge in [0, 0.05) is 37.9 Å². The van der Waals surface area contributed by atoms with E-state index in [4.69, 9.17) is 16.2 Å². The molecule has 170 valence electrons. The molecular weight excluding hydrogens is 412 g/mol. The summed E-state index contributed by atoms with van der Waals surface area (Å²) in [4.78, 5) is 37.2. The number of nitrogens with zero attached hydrogens (tertiary/aromatic N) is 4. The largest absolute Gasteiger partial charge is 0.494 e. The molecule has 4 rings (SSSR count). The molecule has 11 nitrogen and oxygen atoms in total. The highest BCUT2D eigenvalue weighted by Gasteiger charge is 2.46. The van der Waals surface area contributed by atoms with Crippen LogP contribution in [-0.2, 0) is 9.59 Å². The van der Waals surface area contributed by atoms with Gasteiger partial charge in [0.2, 0.25) is 5.91 Å². The molecule has 3 aliphatic heterocycles. The predicted molar refractivity (Wildman–Crippen MR) is 123 cm³/mol. The summed E-state index contributed by atoms with van der Waals surface area (Å²) in [6.45, 7) is 5.70. The summed E-state index contributed by atoms with van der Waals surface area (Å²) in [5.41, 5.74) is 11.9. The zero-order valence-corrected chi connectivity index (χ0v) is 18.2. The number of rotatable bonds is 7. The maximum Gasteiger partial charge on any atom is 0.256 e. The molecule has 1 atom stereocenters. The van der Waals surface area contributed by atoms with Crippen LogP contribution in [0.1, 0.15) is 13.3 Å². The number of primary amides is 2. The molecule has 11 heteroatoms. The van der Waals surface area contributed by atoms with Crippen molar-refractivity contribution < 1.29 is 14.3 Å². The molecule has 1 fully saturated rings. The van der Waals surface area contributed by atoms with E-state index < -0.39 is 17.4 Å². The fraction of sp³-hybridized carbons (Fsp3) is 0.429. The van der Waals surface area contributed by atoms with Gasteiger partial charge in [0.1, 0.15) is 23.0 Å². The van der Waals surface area contributed by atoms with Gasteiger partial charge >= 0.3 is 0 Å². The van der Waals surface area contributed by atoms with E-state index in [1.54, 1.807) is 12.0 Å². The summed E-state index contributed by atoms with van der Waals surface area (Å²) >= 11 is 0. The number of amidine groups is 1. The summed E-state index contributed by atoms with van der Waals surface area (Å²) in [7, 11) is 1.58. The van der Waals surface area contributed by atoms with E-state index in [9.17, 15) is 9.59 Å². The molecule has 0 radical (unpaired) electrons. The zero-order valence-electron chi connectivity index (χ0n) is 18.2. The van der Waals surface area contributed by atoms with Crippen molar-refractivity contribution in [3.8, 4) is 5.75 Å². The molecule has 1 saturated heterocycles. The van der Waals surface area contributed by atoms with Crippen molar-refractivity contribution in [2.45, 2.75) is 18.9 Å². The number of amides is 2. The molecule has 0 saturated carbocycles. The second-order valence-electron chi connectivity index (χ2n) is 7.89. The number of benzene rings is 1. The lowest BCUT2D eigenvalue weighted by molar-refractivity contribution is -0.122. The van der Waals surface area contributed by atoms with E-state index in [-0.39, 0.29) is 23.8 Å². The molecule has 3 aliphatic rings. The third-order valence-corrected chi connectivity index (χ3v) is 6.02. The SMILES string of the molecule is CCC1(C(N)=O)CN2C=NC(Nc3ccc(N4CCNCC4)cc3OC)=C(C(N)=O)C2=N1. The average Bonchev–Trinajstić information content (AvgIpc) is 3.20. The minimum atomic E-state index is -1.12. The molecule has 2 amide bonds. The summed E-state index contributed by atoms with van der Waals surface area (Å²) < 4.78 is 5.59. The Hall–Kier alpha value is -3.60. The van der Waals surface area contributed by atoms with Gasteiger partial charge in [-0.15, -0.1) is 0 Å². The highest BCUT2D eigenvalue weighted by atomic mass is 16.5. The number of nitrogens with one attached hydrogen (secondary N) is 2. The molecule has 6 N–H and O–H groups in total. The van der Waals surface area contributed by atoms with Crippen LogP contribution in [0.25, 0.3) is 0 Å². The topological polar surface area (TPSA) is 151 Å². The van der Waals surface area contributed by atoms with Gasteiger partial charge in [-0.25, -0.2) is 9.98 Å². The van der Waals surface area contributed by atoms with Crippen molar-refractivity contribution in [1.29, 1.82) is 0 Å². The Kier molecular flexibility index (Phi) is 5.74. The van der Waals surface area contributed by atoms with Crippen LogP contribution in [0.4, 0.5) is 11.4 Å². The van der Waals surface area contributed by atoms with Crippen molar-refractivity contribution >= 4 is 35.4 Å². The fourth-order valence-electron chi connectivity index (χ4n) is 4.10. The van der Waals surface area contributed by atoms with Crippen LogP contribution in [0, 0.1) is 0 Å². The lowest BCUT2D eigenvalue weighted by atomic mass is 9.97. The van der Waals surface area contributed by atoms with Crippen molar-refractivity contribution in [3.63, 3.8) is 0 Å². The van der Waals surface area contributed by atoms with E-state index in [1.807, 2.05) is 25.1 Å². The number of ether oxygens (including phenoxy) is 1. The summed E-state index contributed by atoms with van der Waals surface area (Å²) in [5, 5.41) is 6.48. The molecule has 3 heterocycles. The van der Waals surface area contributed by atoms with Crippen LogP contribution in [0.2, 0.25) is 0 Å². The second kappa shape index (κ2) is 8.50. The molecule has 32 heavy (non-hydrogen) atoms. The highest BCUT2D eigenvalue weighted by Crippen LogP contribution is 2.34. The van der Waals surface area contributed by atoms with Crippen LogP contribution >= 0.6 is 0 Å². The lowest BCUT2D eigenvalue weighted by Gasteiger charge is -2.30. The van der Waals surface area contributed by atoms with Crippen LogP contribution < -0.4 is 31.7 Å². The molecule has 0 bridgehead atoms. The predicted octanol–water partition coefficient (Wildman–Crippen LogP) is -0.396. The Morgan fingerprint density at radius 1 is 1.28 bits per heavy atom. The van der Waals surface area contributed by atoms with Gasteiger partial charge in [-0.2, -0.15) is 0 Å². The van der Waals surface area contributed by atoms with E-state index in [1.165, 1.54) is 6.34 Å². The third kappa shape index (κ3) is 3.75. The highest BCUT2D eigenvalue weighted by molar-refractivity contribution is 6.25. The molecule has 1 aromatic rings. The first-order valence-electron chi connectivity index (χ1n) is 10.5. The number of aliphatic imine (C=N–C) groups is 2. The van der Waals surface area contributed by atoms with Crippen molar-refractivity contribution in [1.82, 2.24) is 10.2 Å². The molecule has 1 aromatic carbocycles. The Balaban J connectivity index is 1.68. The van der Waals surface area contributed by atoms with Gasteiger partial charge in [-0.1, -0.05) is 6.92 Å². The van der Waals surface area contributed by atoms with Gasteiger partial charge in [0.05, 0.1) is 25.7 Å². The minimum Gasteiger partial charge on any atom is -0.494 e. The summed E-state index contributed by atoms with van der Waals surface area (Å²) in [5.74, 6) is -0.146. The first-order chi connectivity index (χ1) is 15.4. The van der Waals surface area contributed by atoms with Crippen LogP contribution in [0.5, 0.6) is 5.75 Å². The Morgan fingerprint density at radius 2 is 2.03 bits per heavy atom. The van der Waals surface area contributed by atoms with E-state index in [2.05, 4.69) is 25.5 Å². The van der Waals surface area contributed by atoms with Crippen molar-refractivity contribution in [2.24, 2.45) is 21.5 Å². The molecule has 0 aromatic heterocycles. The number of carbonyl (C=O) groups is 2. The first-order valence-corrected chi connectivity index (χ1v) is 10.5. The van der Waals surface area contributed by atoms with Gasteiger partial charge in [-0.3, -0.25) is 9.59 Å². The quantitative estimate of drug-likeness (QED) is 0.450. The van der Waals surface area contributed by atoms with Crippen molar-refractivity contribution in [2.75, 3.05) is 50.1 Å². The van der Waals surface area contributed by atoms with Crippen molar-refractivity contribution in [3.05, 3.63) is 29.6 Å². The third-order valence-electron chi connectivity index (χ3n) is 6.02. The maximum atomic E-state index is 12.4. The molecular formula is C21H28N8O3. The van der Waals surface area contributed by atoms with Crippen LogP contribution in [-0.4, -0.2) is 74.3 Å². The Labute approximate surface area is 186 Å². The lowest BCUT2D eigenvalue weighted by Crippen LogP contribution is -2.46. The van der Waals surface area contributed by atoms with E-state index in [0.717, 1.165) is 31.9 Å². The number of nitrogens with two attached hydrogens (primary N) is 2. The van der Waals surface area contributed by atoms with Gasteiger partial charge in [-0.05, 0) is 18.6 Å². The number of carbonyl (C=O) groups excluding carboxylic acids is 2. The number of hydrogen-bond acceptors (Lipinski definition) is 9. The molecule has 0 aliphatic carbocycles. The number of piperazine rings is 1. The summed E-state index contributed by atoms with van der Waals surface area (Å²) in [6.07, 6.45) is 1.92. The number of anilines is 2. The monoisotopic (exact) mass is 440 g/mol. The number of methoxy groups -OCH3 is 1.